The van der Waals surface area contributed by atoms with Crippen molar-refractivity contribution in [3.8, 4) is 0 Å². The number of aliphatic hydroxyl groups excluding tert-OH is 1. The number of amides is 4. The van der Waals surface area contributed by atoms with Crippen LogP contribution < -0.4 is 20.0 Å². The normalized spacial score (nSPS) is 15.4. The highest BCUT2D eigenvalue weighted by Gasteiger charge is 2.33. The topological polar surface area (TPSA) is 213 Å². The van der Waals surface area contributed by atoms with Crippen LogP contribution in [0.1, 0.15) is 107 Å². The fourth-order valence-corrected chi connectivity index (χ4v) is 10.5. The van der Waals surface area contributed by atoms with Gasteiger partial charge in [0.15, 0.2) is 0 Å². The molecule has 64 heavy (non-hydrogen) atoms. The molecule has 0 saturated carbocycles. The van der Waals surface area contributed by atoms with Gasteiger partial charge in [-0.3, -0.25) is 28.2 Å². The Bertz CT molecular complexity index is 2840. The summed E-state index contributed by atoms with van der Waals surface area (Å²) in [4.78, 5) is 79.5. The third kappa shape index (κ3) is 8.48. The van der Waals surface area contributed by atoms with Gasteiger partial charge in [0.05, 0.1) is 12.7 Å². The van der Waals surface area contributed by atoms with E-state index in [-0.39, 0.29) is 36.8 Å². The number of phosphoric ester groups is 1. The number of fused-ring (bicyclic) bond motifs is 9. The molecular weight excluding hydrogens is 838 g/mol. The maximum atomic E-state index is 14.2. The number of nitrogens with one attached hydrogen (secondary N) is 4. The van der Waals surface area contributed by atoms with Crippen LogP contribution in [0.15, 0.2) is 54.6 Å². The summed E-state index contributed by atoms with van der Waals surface area (Å²) in [6.45, 7) is 5.62. The molecule has 16 nitrogen and oxygen atoms in total. The number of aromatic nitrogens is 3. The second-order valence-corrected chi connectivity index (χ2v) is 18.5. The van der Waals surface area contributed by atoms with Crippen molar-refractivity contribution in [1.29, 1.82) is 0 Å². The number of benzene rings is 3. The molecule has 0 aliphatic carbocycles. The van der Waals surface area contributed by atoms with E-state index in [2.05, 4.69) is 20.3 Å². The fourth-order valence-electron chi connectivity index (χ4n) is 9.54. The average Bonchev–Trinajstić information content (AvgIpc) is 4.13. The largest absolute Gasteiger partial charge is 0.472 e. The number of aliphatic hydroxyl groups is 1. The molecule has 0 fully saturated rings. The zero-order valence-corrected chi connectivity index (χ0v) is 37.0. The minimum Gasteiger partial charge on any atom is -0.396 e. The Morgan fingerprint density at radius 3 is 1.69 bits per heavy atom. The van der Waals surface area contributed by atoms with E-state index < -0.39 is 13.9 Å². The Morgan fingerprint density at radius 1 is 0.672 bits per heavy atom. The van der Waals surface area contributed by atoms with Crippen LogP contribution in [0.2, 0.25) is 0 Å². The highest BCUT2D eigenvalue weighted by atomic mass is 31.2. The molecule has 3 aliphatic heterocycles. The van der Waals surface area contributed by atoms with Crippen molar-refractivity contribution in [3.63, 3.8) is 0 Å². The number of phosphoric acid groups is 1. The molecule has 17 heteroatoms. The Kier molecular flexibility index (Phi) is 12.2. The van der Waals surface area contributed by atoms with Crippen molar-refractivity contribution in [3.05, 3.63) is 88.4 Å². The molecule has 3 aliphatic rings. The first-order valence-electron chi connectivity index (χ1n) is 22.3. The van der Waals surface area contributed by atoms with Gasteiger partial charge in [-0.15, -0.1) is 0 Å². The predicted molar refractivity (Wildman–Crippen MR) is 245 cm³/mol. The summed E-state index contributed by atoms with van der Waals surface area (Å²) in [6.07, 6.45) is 6.05. The summed E-state index contributed by atoms with van der Waals surface area (Å²) in [5.41, 5.74) is 9.43. The predicted octanol–water partition coefficient (Wildman–Crippen LogP) is 7.42. The standard InChI is InChI=1S/C47H54N7O9P/c1-28(2)63-64(60,61)62-24-8-3-5-9-44(56)52-20-16-29-33-26-39(50-36(33)10-13-41(29)52)46(58)54-22-18-31-34-27-40(51-37(34)12-15-43(31)54)47(59)53-21-17-30-32-25-38(49-35(32)11-14-42(30)53)45(57)48-19-6-4-7-23-55/h10-15,25-28,49-51,55H,3-9,16-24H2,1-2H3,(H,48,57)(H,60,61). The molecule has 3 aromatic heterocycles. The minimum absolute atomic E-state index is 0.0128. The molecular formula is C47H54N7O9P. The van der Waals surface area contributed by atoms with E-state index in [1.807, 2.05) is 59.5 Å². The molecule has 6 heterocycles. The van der Waals surface area contributed by atoms with E-state index >= 15 is 0 Å². The molecule has 9 rings (SSSR count). The lowest BCUT2D eigenvalue weighted by atomic mass is 10.1. The van der Waals surface area contributed by atoms with E-state index in [1.165, 1.54) is 0 Å². The molecule has 4 amide bonds. The Labute approximate surface area is 369 Å². The number of rotatable bonds is 17. The second-order valence-electron chi connectivity index (χ2n) is 17.1. The first-order valence-corrected chi connectivity index (χ1v) is 23.8. The summed E-state index contributed by atoms with van der Waals surface area (Å²) in [7, 11) is -4.07. The number of aromatic amines is 3. The number of anilines is 3. The summed E-state index contributed by atoms with van der Waals surface area (Å²) in [5.74, 6) is -0.466. The van der Waals surface area contributed by atoms with Crippen molar-refractivity contribution in [2.75, 3.05) is 54.1 Å². The fraction of sp³-hybridized carbons (Fsp3) is 0.404. The summed E-state index contributed by atoms with van der Waals surface area (Å²) >= 11 is 0. The SMILES string of the molecule is CC(C)OP(=O)(O)OCCCCCC(=O)N1CCc2c1ccc1[nH]c(C(=O)N3CCc4c3ccc3[nH]c(C(=O)N5CCc6c5ccc5[nH]c(C(=O)NCCCCCO)cc65)cc43)cc21. The van der Waals surface area contributed by atoms with Crippen molar-refractivity contribution in [2.24, 2.45) is 0 Å². The molecule has 1 atom stereocenters. The summed E-state index contributed by atoms with van der Waals surface area (Å²) in [5, 5.41) is 14.7. The molecule has 6 aromatic rings. The van der Waals surface area contributed by atoms with Crippen LogP contribution in [-0.4, -0.2) is 94.1 Å². The molecule has 0 spiro atoms. The number of H-pyrrole nitrogens is 3. The molecule has 0 bridgehead atoms. The summed E-state index contributed by atoms with van der Waals surface area (Å²) < 4.78 is 21.8. The first kappa shape index (κ1) is 43.5. The number of nitrogens with zero attached hydrogens (tertiary/aromatic N) is 3. The zero-order valence-electron chi connectivity index (χ0n) is 36.1. The van der Waals surface area contributed by atoms with Gasteiger partial charge < -0.3 is 45.0 Å². The number of carbonyl (C=O) groups is 4. The highest BCUT2D eigenvalue weighted by molar-refractivity contribution is 7.47. The van der Waals surface area contributed by atoms with Gasteiger partial charge >= 0.3 is 7.82 Å². The van der Waals surface area contributed by atoms with Gasteiger partial charge in [0, 0.05) is 89.0 Å². The Balaban J connectivity index is 0.850. The number of carbonyl (C=O) groups excluding carboxylic acids is 4. The molecule has 6 N–H and O–H groups in total. The third-order valence-electron chi connectivity index (χ3n) is 12.6. The van der Waals surface area contributed by atoms with E-state index in [0.717, 1.165) is 79.3 Å². The van der Waals surface area contributed by atoms with Crippen molar-refractivity contribution >= 4 is 81.2 Å². The Hall–Kier alpha value is -5.77. The maximum absolute atomic E-state index is 14.2. The van der Waals surface area contributed by atoms with Gasteiger partial charge in [-0.1, -0.05) is 6.42 Å². The smallest absolute Gasteiger partial charge is 0.396 e. The van der Waals surface area contributed by atoms with E-state index in [9.17, 15) is 28.6 Å². The maximum Gasteiger partial charge on any atom is 0.472 e. The van der Waals surface area contributed by atoms with Gasteiger partial charge in [0.25, 0.3) is 17.7 Å². The molecule has 336 valence electrons. The van der Waals surface area contributed by atoms with Gasteiger partial charge in [-0.05, 0) is 137 Å². The molecule has 3 aromatic carbocycles. The number of unbranched alkanes of at least 4 members (excludes halogenated alkanes) is 4. The minimum atomic E-state index is -4.07. The van der Waals surface area contributed by atoms with Crippen LogP contribution >= 0.6 is 7.82 Å². The van der Waals surface area contributed by atoms with E-state index in [4.69, 9.17) is 14.2 Å². The average molecular weight is 892 g/mol. The van der Waals surface area contributed by atoms with Crippen molar-refractivity contribution in [1.82, 2.24) is 20.3 Å². The second kappa shape index (κ2) is 18.0. The van der Waals surface area contributed by atoms with E-state index in [0.29, 0.717) is 94.6 Å². The Morgan fingerprint density at radius 2 is 1.16 bits per heavy atom. The van der Waals surface area contributed by atoms with Gasteiger partial charge in [-0.25, -0.2) is 4.57 Å². The molecule has 0 saturated heterocycles. The van der Waals surface area contributed by atoms with Gasteiger partial charge in [0.2, 0.25) is 5.91 Å². The zero-order chi connectivity index (χ0) is 44.7. The lowest BCUT2D eigenvalue weighted by Gasteiger charge is -2.17. The van der Waals surface area contributed by atoms with Gasteiger partial charge in [-0.2, -0.15) is 0 Å². The van der Waals surface area contributed by atoms with Gasteiger partial charge in [0.1, 0.15) is 17.1 Å². The third-order valence-corrected chi connectivity index (χ3v) is 13.7. The highest BCUT2D eigenvalue weighted by Crippen LogP contribution is 2.45. The van der Waals surface area contributed by atoms with Crippen molar-refractivity contribution < 1.29 is 42.8 Å². The molecule has 1 unspecified atom stereocenters. The number of hydrogen-bond acceptors (Lipinski definition) is 8. The van der Waals surface area contributed by atoms with Crippen LogP contribution in [0.4, 0.5) is 17.1 Å². The molecule has 0 radical (unpaired) electrons. The van der Waals surface area contributed by atoms with Crippen LogP contribution in [0.3, 0.4) is 0 Å². The monoisotopic (exact) mass is 891 g/mol. The number of hydrogen-bond donors (Lipinski definition) is 6. The summed E-state index contributed by atoms with van der Waals surface area (Å²) in [6, 6.07) is 17.2. The lowest BCUT2D eigenvalue weighted by Crippen LogP contribution is -2.29. The van der Waals surface area contributed by atoms with E-state index in [1.54, 1.807) is 23.6 Å². The van der Waals surface area contributed by atoms with Crippen LogP contribution in [-0.2, 0) is 37.7 Å². The lowest BCUT2D eigenvalue weighted by molar-refractivity contribution is -0.118. The van der Waals surface area contributed by atoms with Crippen LogP contribution in [0.5, 0.6) is 0 Å². The quantitative estimate of drug-likeness (QED) is 0.0397. The van der Waals surface area contributed by atoms with Crippen LogP contribution in [0, 0.1) is 0 Å². The van der Waals surface area contributed by atoms with Crippen LogP contribution in [0.25, 0.3) is 32.7 Å². The first-order chi connectivity index (χ1) is 30.9. The van der Waals surface area contributed by atoms with Crippen molar-refractivity contribution in [2.45, 2.75) is 84.2 Å².